The molecule has 0 aliphatic rings. The molecule has 0 spiro atoms. The van der Waals surface area contributed by atoms with E-state index in [0.717, 1.165) is 31.2 Å². The summed E-state index contributed by atoms with van der Waals surface area (Å²) in [6, 6.07) is 7.75. The fraction of sp³-hybridized carbons (Fsp3) is 0.781. The van der Waals surface area contributed by atoms with Crippen molar-refractivity contribution in [1.29, 1.82) is 0 Å². The molecule has 202 valence electrons. The van der Waals surface area contributed by atoms with Crippen molar-refractivity contribution in [2.75, 3.05) is 6.61 Å². The maximum atomic E-state index is 11.9. The van der Waals surface area contributed by atoms with E-state index in [0.29, 0.717) is 30.6 Å². The maximum Gasteiger partial charge on any atom is 0.305 e. The predicted octanol–water partition coefficient (Wildman–Crippen LogP) is 10.1. The van der Waals surface area contributed by atoms with Gasteiger partial charge in [-0.1, -0.05) is 135 Å². The number of benzene rings is 1. The van der Waals surface area contributed by atoms with Crippen molar-refractivity contribution in [2.24, 2.45) is 5.92 Å². The first-order chi connectivity index (χ1) is 17.1. The van der Waals surface area contributed by atoms with Gasteiger partial charge in [0.25, 0.3) is 0 Å². The monoisotopic (exact) mass is 488 g/mol. The van der Waals surface area contributed by atoms with Crippen LogP contribution in [0.5, 0.6) is 5.75 Å². The molecule has 0 aromatic heterocycles. The van der Waals surface area contributed by atoms with Crippen molar-refractivity contribution < 1.29 is 14.6 Å². The smallest absolute Gasteiger partial charge is 0.305 e. The molecule has 0 saturated heterocycles. The van der Waals surface area contributed by atoms with Gasteiger partial charge in [-0.15, -0.1) is 0 Å². The molecule has 0 saturated carbocycles. The number of ether oxygens (including phenoxy) is 1. The quantitative estimate of drug-likeness (QED) is 0.123. The molecule has 0 aliphatic carbocycles. The van der Waals surface area contributed by atoms with E-state index in [4.69, 9.17) is 4.74 Å². The summed E-state index contributed by atoms with van der Waals surface area (Å²) >= 11 is 0. The topological polar surface area (TPSA) is 46.5 Å². The summed E-state index contributed by atoms with van der Waals surface area (Å²) < 4.78 is 5.49. The molecule has 0 bridgehead atoms. The summed E-state index contributed by atoms with van der Waals surface area (Å²) in [5, 5.41) is 9.96. The van der Waals surface area contributed by atoms with Crippen LogP contribution in [0.2, 0.25) is 0 Å². The van der Waals surface area contributed by atoms with Crippen molar-refractivity contribution in [2.45, 2.75) is 149 Å². The Hall–Kier alpha value is -1.51. The van der Waals surface area contributed by atoms with Gasteiger partial charge in [-0.3, -0.25) is 4.79 Å². The summed E-state index contributed by atoms with van der Waals surface area (Å²) in [5.74, 6) is 1.44. The zero-order valence-electron chi connectivity index (χ0n) is 23.4. The normalized spacial score (nSPS) is 13.0. The van der Waals surface area contributed by atoms with Gasteiger partial charge >= 0.3 is 5.97 Å². The third-order valence-electron chi connectivity index (χ3n) is 7.51. The van der Waals surface area contributed by atoms with E-state index in [-0.39, 0.29) is 5.97 Å². The van der Waals surface area contributed by atoms with Gasteiger partial charge in [0.15, 0.2) is 0 Å². The highest BCUT2D eigenvalue weighted by Crippen LogP contribution is 2.29. The lowest BCUT2D eigenvalue weighted by Gasteiger charge is -2.14. The number of aromatic hydroxyl groups is 1. The van der Waals surface area contributed by atoms with Crippen LogP contribution in [0.1, 0.15) is 154 Å². The summed E-state index contributed by atoms with van der Waals surface area (Å²) in [6.45, 7) is 7.25. The van der Waals surface area contributed by atoms with Gasteiger partial charge in [-0.25, -0.2) is 0 Å². The van der Waals surface area contributed by atoms with Gasteiger partial charge < -0.3 is 9.84 Å². The van der Waals surface area contributed by atoms with Crippen LogP contribution in [-0.4, -0.2) is 17.7 Å². The molecule has 35 heavy (non-hydrogen) atoms. The van der Waals surface area contributed by atoms with Crippen LogP contribution in [0.4, 0.5) is 0 Å². The van der Waals surface area contributed by atoms with Crippen LogP contribution in [-0.2, 0) is 9.53 Å². The van der Waals surface area contributed by atoms with Gasteiger partial charge in [0.05, 0.1) is 6.61 Å². The second-order valence-corrected chi connectivity index (χ2v) is 10.7. The SMILES string of the molecule is CCCCC(CC)COC(=O)CCCCCCCCCCCCCCCC(C)c1ccccc1O. The van der Waals surface area contributed by atoms with Gasteiger partial charge in [-0.05, 0) is 42.7 Å². The van der Waals surface area contributed by atoms with E-state index < -0.39 is 0 Å². The molecule has 0 fully saturated rings. The molecule has 1 N–H and O–H groups in total. The molecule has 2 atom stereocenters. The summed E-state index contributed by atoms with van der Waals surface area (Å²) in [5.41, 5.74) is 1.09. The molecule has 0 aliphatic heterocycles. The summed E-state index contributed by atoms with van der Waals surface area (Å²) in [4.78, 5) is 11.9. The Morgan fingerprint density at radius 1 is 0.771 bits per heavy atom. The fourth-order valence-electron chi connectivity index (χ4n) is 4.91. The van der Waals surface area contributed by atoms with E-state index in [9.17, 15) is 9.90 Å². The Labute approximate surface area is 217 Å². The molecule has 1 aromatic rings. The number of para-hydroxylation sites is 1. The molecular formula is C32H56O3. The van der Waals surface area contributed by atoms with Crippen molar-refractivity contribution >= 4 is 5.97 Å². The third-order valence-corrected chi connectivity index (χ3v) is 7.51. The molecule has 1 rings (SSSR count). The van der Waals surface area contributed by atoms with E-state index >= 15 is 0 Å². The first kappa shape index (κ1) is 31.5. The summed E-state index contributed by atoms with van der Waals surface area (Å²) in [7, 11) is 0. The maximum absolute atomic E-state index is 11.9. The van der Waals surface area contributed by atoms with Gasteiger partial charge in [-0.2, -0.15) is 0 Å². The van der Waals surface area contributed by atoms with Crippen molar-refractivity contribution in [3.8, 4) is 5.75 Å². The lowest BCUT2D eigenvalue weighted by Crippen LogP contribution is -2.13. The van der Waals surface area contributed by atoms with Gasteiger partial charge in [0.1, 0.15) is 5.75 Å². The third kappa shape index (κ3) is 16.7. The zero-order valence-corrected chi connectivity index (χ0v) is 23.4. The number of hydrogen-bond acceptors (Lipinski definition) is 3. The second kappa shape index (κ2) is 21.7. The average Bonchev–Trinajstić information content (AvgIpc) is 2.86. The Bertz CT molecular complexity index is 627. The Kier molecular flexibility index (Phi) is 19.6. The number of rotatable bonds is 23. The first-order valence-electron chi connectivity index (χ1n) is 15.0. The van der Waals surface area contributed by atoms with Crippen molar-refractivity contribution in [1.82, 2.24) is 0 Å². The Morgan fingerprint density at radius 2 is 1.31 bits per heavy atom. The van der Waals surface area contributed by atoms with Crippen LogP contribution in [0.3, 0.4) is 0 Å². The molecule has 3 nitrogen and oxygen atoms in total. The van der Waals surface area contributed by atoms with Crippen molar-refractivity contribution in [3.05, 3.63) is 29.8 Å². The molecule has 0 amide bonds. The van der Waals surface area contributed by atoms with E-state index in [1.54, 1.807) is 6.07 Å². The highest BCUT2D eigenvalue weighted by atomic mass is 16.5. The number of unbranched alkanes of at least 4 members (excludes halogenated alkanes) is 13. The minimum absolute atomic E-state index is 0.00459. The van der Waals surface area contributed by atoms with E-state index in [2.05, 4.69) is 26.8 Å². The molecule has 0 heterocycles. The lowest BCUT2D eigenvalue weighted by atomic mass is 9.94. The molecule has 0 radical (unpaired) electrons. The Morgan fingerprint density at radius 3 is 1.86 bits per heavy atom. The molecule has 2 unspecified atom stereocenters. The van der Waals surface area contributed by atoms with Gasteiger partial charge in [0, 0.05) is 6.42 Å². The van der Waals surface area contributed by atoms with Crippen LogP contribution in [0, 0.1) is 5.92 Å². The highest BCUT2D eigenvalue weighted by molar-refractivity contribution is 5.69. The predicted molar refractivity (Wildman–Crippen MR) is 150 cm³/mol. The summed E-state index contributed by atoms with van der Waals surface area (Å²) in [6.07, 6.45) is 23.3. The fourth-order valence-corrected chi connectivity index (χ4v) is 4.91. The largest absolute Gasteiger partial charge is 0.508 e. The van der Waals surface area contributed by atoms with Crippen LogP contribution >= 0.6 is 0 Å². The first-order valence-corrected chi connectivity index (χ1v) is 15.0. The minimum Gasteiger partial charge on any atom is -0.508 e. The van der Waals surface area contributed by atoms with Crippen LogP contribution in [0.25, 0.3) is 0 Å². The second-order valence-electron chi connectivity index (χ2n) is 10.7. The standard InChI is InChI=1S/C32H56O3/c1-4-6-23-29(5-2)27-35-32(34)26-19-17-15-13-11-9-7-8-10-12-14-16-18-22-28(3)30-24-20-21-25-31(30)33/h20-21,24-25,28-29,33H,4-19,22-23,26-27H2,1-3H3. The number of phenols is 1. The van der Waals surface area contributed by atoms with Gasteiger partial charge in [0.2, 0.25) is 0 Å². The van der Waals surface area contributed by atoms with E-state index in [1.807, 2.05) is 12.1 Å². The number of carbonyl (C=O) groups excluding carboxylic acids is 1. The zero-order chi connectivity index (χ0) is 25.6. The molecule has 1 aromatic carbocycles. The van der Waals surface area contributed by atoms with Crippen LogP contribution < -0.4 is 0 Å². The minimum atomic E-state index is 0.00459. The van der Waals surface area contributed by atoms with Crippen molar-refractivity contribution in [3.63, 3.8) is 0 Å². The van der Waals surface area contributed by atoms with E-state index in [1.165, 1.54) is 89.9 Å². The average molecular weight is 489 g/mol. The molecular weight excluding hydrogens is 432 g/mol. The number of phenolic OH excluding ortho intramolecular Hbond substituents is 1. The number of esters is 1. The molecule has 3 heteroatoms. The highest BCUT2D eigenvalue weighted by Gasteiger charge is 2.10. The Balaban J connectivity index is 1.83. The number of carbonyl (C=O) groups is 1. The lowest BCUT2D eigenvalue weighted by molar-refractivity contribution is -0.145. The van der Waals surface area contributed by atoms with Crippen LogP contribution in [0.15, 0.2) is 24.3 Å². The number of hydrogen-bond donors (Lipinski definition) is 1.